The highest BCUT2D eigenvalue weighted by Crippen LogP contribution is 2.22. The summed E-state index contributed by atoms with van der Waals surface area (Å²) in [5.74, 6) is 0. The Morgan fingerprint density at radius 1 is 1.50 bits per heavy atom. The minimum atomic E-state index is -0.512. The van der Waals surface area contributed by atoms with Crippen molar-refractivity contribution < 1.29 is 4.74 Å². The van der Waals surface area contributed by atoms with Crippen LogP contribution in [0.5, 0.6) is 0 Å². The van der Waals surface area contributed by atoms with Crippen LogP contribution in [0.3, 0.4) is 0 Å². The molecule has 2 atom stereocenters. The number of halogens is 2. The van der Waals surface area contributed by atoms with Gasteiger partial charge in [-0.3, -0.25) is 14.3 Å². The van der Waals surface area contributed by atoms with Gasteiger partial charge in [0.05, 0.1) is 11.7 Å². The van der Waals surface area contributed by atoms with Gasteiger partial charge in [-0.1, -0.05) is 44.5 Å². The number of alkyl halides is 1. The summed E-state index contributed by atoms with van der Waals surface area (Å²) in [5.41, 5.74) is -0.687. The normalized spacial score (nSPS) is 22.3. The van der Waals surface area contributed by atoms with Gasteiger partial charge < -0.3 is 4.74 Å². The monoisotopic (exact) mass is 376 g/mol. The van der Waals surface area contributed by atoms with Gasteiger partial charge >= 0.3 is 5.69 Å². The predicted octanol–water partition coefficient (Wildman–Crippen LogP) is 1.75. The minimum Gasteiger partial charge on any atom is -0.346 e. The number of hydrogen-bond acceptors (Lipinski definition) is 3. The van der Waals surface area contributed by atoms with Crippen LogP contribution in [-0.4, -0.2) is 21.0 Å². The molecule has 0 fully saturated rings. The summed E-state index contributed by atoms with van der Waals surface area (Å²) in [6.07, 6.45) is 4.47. The lowest BCUT2D eigenvalue weighted by Crippen LogP contribution is -2.33. The first kappa shape index (κ1) is 13.5. The minimum absolute atomic E-state index is 0.0792. The van der Waals surface area contributed by atoms with Gasteiger partial charge in [0.25, 0.3) is 5.56 Å². The molecule has 0 aliphatic carbocycles. The van der Waals surface area contributed by atoms with Gasteiger partial charge in [0.15, 0.2) is 6.23 Å². The molecule has 1 aromatic heterocycles. The third kappa shape index (κ3) is 2.57. The maximum Gasteiger partial charge on any atom is 0.330 e. The molecular formula is C11H10Br2N2O3. The molecule has 1 N–H and O–H groups in total. The van der Waals surface area contributed by atoms with Gasteiger partial charge in [0, 0.05) is 16.0 Å². The summed E-state index contributed by atoms with van der Waals surface area (Å²) in [6.45, 7) is 3.63. The highest BCUT2D eigenvalue weighted by atomic mass is 79.9. The van der Waals surface area contributed by atoms with E-state index >= 15 is 0 Å². The summed E-state index contributed by atoms with van der Waals surface area (Å²) in [6, 6.07) is 0. The smallest absolute Gasteiger partial charge is 0.330 e. The Balaban J connectivity index is 2.44. The number of rotatable bonds is 3. The first-order valence-corrected chi connectivity index (χ1v) is 7.04. The standard InChI is InChI=1S/C11H10Br2N2O3/c1-6(13)8-5-15(11(17)14-10(8)16)9-3-2-7(4-12)18-9/h2-3,5,7,9H,1,4H2,(H,14,16,17)/t7-,9+/m0/s1. The van der Waals surface area contributed by atoms with Gasteiger partial charge in [-0.25, -0.2) is 4.79 Å². The van der Waals surface area contributed by atoms with E-state index in [0.717, 1.165) is 0 Å². The summed E-state index contributed by atoms with van der Waals surface area (Å²) in [5, 5.41) is 0.649. The Morgan fingerprint density at radius 2 is 2.22 bits per heavy atom. The van der Waals surface area contributed by atoms with Crippen molar-refractivity contribution >= 4 is 36.3 Å². The Bertz CT molecular complexity index is 617. The van der Waals surface area contributed by atoms with Crippen LogP contribution in [0.15, 0.2) is 34.5 Å². The number of hydrogen-bond donors (Lipinski definition) is 1. The first-order chi connectivity index (χ1) is 8.52. The molecule has 2 rings (SSSR count). The quantitative estimate of drug-likeness (QED) is 0.644. The Morgan fingerprint density at radius 3 is 2.78 bits per heavy atom. The Kier molecular flexibility index (Phi) is 4.04. The molecular weight excluding hydrogens is 368 g/mol. The van der Waals surface area contributed by atoms with E-state index in [1.165, 1.54) is 10.8 Å². The molecule has 0 saturated carbocycles. The zero-order valence-corrected chi connectivity index (χ0v) is 12.4. The van der Waals surface area contributed by atoms with E-state index in [9.17, 15) is 9.59 Å². The van der Waals surface area contributed by atoms with Gasteiger partial charge in [0.1, 0.15) is 0 Å². The van der Waals surface area contributed by atoms with Crippen LogP contribution in [0, 0.1) is 0 Å². The topological polar surface area (TPSA) is 64.1 Å². The van der Waals surface area contributed by atoms with Gasteiger partial charge in [-0.2, -0.15) is 0 Å². The summed E-state index contributed by atoms with van der Waals surface area (Å²) < 4.78 is 7.33. The second-order valence-electron chi connectivity index (χ2n) is 3.72. The van der Waals surface area contributed by atoms with Crippen molar-refractivity contribution in [3.05, 3.63) is 51.3 Å². The summed E-state index contributed by atoms with van der Waals surface area (Å²) in [7, 11) is 0. The zero-order chi connectivity index (χ0) is 13.3. The van der Waals surface area contributed by atoms with Crippen LogP contribution in [-0.2, 0) is 4.74 Å². The van der Waals surface area contributed by atoms with E-state index < -0.39 is 17.5 Å². The SMILES string of the molecule is C=C(Br)c1cn([C@H]2C=C[C@@H](CBr)O2)c(=O)[nH]c1=O. The van der Waals surface area contributed by atoms with E-state index in [-0.39, 0.29) is 6.10 Å². The fraction of sp³-hybridized carbons (Fsp3) is 0.273. The maximum atomic E-state index is 11.7. The molecule has 0 unspecified atom stereocenters. The van der Waals surface area contributed by atoms with Crippen LogP contribution in [0.2, 0.25) is 0 Å². The third-order valence-electron chi connectivity index (χ3n) is 2.49. The van der Waals surface area contributed by atoms with E-state index in [1.807, 2.05) is 6.08 Å². The van der Waals surface area contributed by atoms with Crippen molar-refractivity contribution in [1.29, 1.82) is 0 Å². The molecule has 96 valence electrons. The Hall–Kier alpha value is -0.920. The highest BCUT2D eigenvalue weighted by Gasteiger charge is 2.21. The highest BCUT2D eigenvalue weighted by molar-refractivity contribution is 9.15. The van der Waals surface area contributed by atoms with Crippen LogP contribution in [0.25, 0.3) is 4.48 Å². The van der Waals surface area contributed by atoms with Crippen molar-refractivity contribution in [2.24, 2.45) is 0 Å². The molecule has 2 heterocycles. The zero-order valence-electron chi connectivity index (χ0n) is 9.23. The van der Waals surface area contributed by atoms with Crippen LogP contribution in [0.1, 0.15) is 11.8 Å². The van der Waals surface area contributed by atoms with Crippen molar-refractivity contribution in [3.8, 4) is 0 Å². The van der Waals surface area contributed by atoms with Gasteiger partial charge in [-0.15, -0.1) is 0 Å². The lowest BCUT2D eigenvalue weighted by Gasteiger charge is -2.15. The number of nitrogens with zero attached hydrogens (tertiary/aromatic N) is 1. The van der Waals surface area contributed by atoms with E-state index in [2.05, 4.69) is 43.4 Å². The van der Waals surface area contributed by atoms with Crippen molar-refractivity contribution in [3.63, 3.8) is 0 Å². The van der Waals surface area contributed by atoms with E-state index in [0.29, 0.717) is 15.4 Å². The average molecular weight is 378 g/mol. The third-order valence-corrected chi connectivity index (χ3v) is 3.56. The van der Waals surface area contributed by atoms with Crippen molar-refractivity contribution in [2.45, 2.75) is 12.3 Å². The molecule has 7 heteroatoms. The number of H-pyrrole nitrogens is 1. The molecule has 18 heavy (non-hydrogen) atoms. The molecule has 0 radical (unpaired) electrons. The maximum absolute atomic E-state index is 11.7. The largest absolute Gasteiger partial charge is 0.346 e. The van der Waals surface area contributed by atoms with Crippen LogP contribution < -0.4 is 11.2 Å². The Labute approximate surface area is 119 Å². The lowest BCUT2D eigenvalue weighted by atomic mass is 10.3. The van der Waals surface area contributed by atoms with Crippen LogP contribution >= 0.6 is 31.9 Å². The van der Waals surface area contributed by atoms with Gasteiger partial charge in [-0.05, 0) is 6.08 Å². The number of nitrogens with one attached hydrogen (secondary N) is 1. The van der Waals surface area contributed by atoms with Gasteiger partial charge in [0.2, 0.25) is 0 Å². The number of aromatic nitrogens is 2. The number of aromatic amines is 1. The summed E-state index contributed by atoms with van der Waals surface area (Å²) in [4.78, 5) is 25.5. The molecule has 1 aliphatic rings. The first-order valence-electron chi connectivity index (χ1n) is 5.13. The second kappa shape index (κ2) is 5.38. The second-order valence-corrected chi connectivity index (χ2v) is 5.32. The molecule has 1 aliphatic heterocycles. The molecule has 0 saturated heterocycles. The lowest BCUT2D eigenvalue weighted by molar-refractivity contribution is 0.0271. The molecule has 0 amide bonds. The fourth-order valence-corrected chi connectivity index (χ4v) is 2.25. The van der Waals surface area contributed by atoms with E-state index in [4.69, 9.17) is 4.74 Å². The molecule has 1 aromatic rings. The summed E-state index contributed by atoms with van der Waals surface area (Å²) >= 11 is 6.43. The average Bonchev–Trinajstić information content (AvgIpc) is 2.77. The predicted molar refractivity (Wildman–Crippen MR) is 76.1 cm³/mol. The van der Waals surface area contributed by atoms with Crippen LogP contribution in [0.4, 0.5) is 0 Å². The molecule has 0 aromatic carbocycles. The molecule has 0 bridgehead atoms. The molecule has 0 spiro atoms. The fourth-order valence-electron chi connectivity index (χ4n) is 1.60. The number of ether oxygens (including phenoxy) is 1. The van der Waals surface area contributed by atoms with Crippen molar-refractivity contribution in [2.75, 3.05) is 5.33 Å². The van der Waals surface area contributed by atoms with Crippen molar-refractivity contribution in [1.82, 2.24) is 9.55 Å². The molecule has 5 nitrogen and oxygen atoms in total. The van der Waals surface area contributed by atoms with E-state index in [1.54, 1.807) is 6.08 Å².